The molecule has 0 saturated heterocycles. The highest BCUT2D eigenvalue weighted by Crippen LogP contribution is 2.31. The molecule has 0 amide bonds. The van der Waals surface area contributed by atoms with Crippen LogP contribution in [0.15, 0.2) is 83.7 Å². The van der Waals surface area contributed by atoms with Gasteiger partial charge in [-0.1, -0.05) is 78.3 Å². The highest BCUT2D eigenvalue weighted by atomic mass is 35.5. The number of rotatable bonds is 10. The third-order valence-corrected chi connectivity index (χ3v) is 7.02. The molecule has 5 aromatic rings. The van der Waals surface area contributed by atoms with Gasteiger partial charge in [-0.2, -0.15) is 0 Å². The number of benzene rings is 3. The molecule has 3 aromatic carbocycles. The van der Waals surface area contributed by atoms with E-state index >= 15 is 0 Å². The molecule has 0 fully saturated rings. The van der Waals surface area contributed by atoms with Crippen LogP contribution in [0.4, 0.5) is 0 Å². The summed E-state index contributed by atoms with van der Waals surface area (Å²) in [6.07, 6.45) is 0. The maximum absolute atomic E-state index is 13.7. The Bertz CT molecular complexity index is 1580. The van der Waals surface area contributed by atoms with Gasteiger partial charge in [-0.25, -0.2) is 4.68 Å². The molecule has 38 heavy (non-hydrogen) atoms. The van der Waals surface area contributed by atoms with Gasteiger partial charge in [0.1, 0.15) is 6.04 Å². The first kappa shape index (κ1) is 25.8. The summed E-state index contributed by atoms with van der Waals surface area (Å²) in [6, 6.07) is 25.2. The lowest BCUT2D eigenvalue weighted by Gasteiger charge is -2.31. The van der Waals surface area contributed by atoms with Crippen LogP contribution in [0.2, 0.25) is 5.02 Å². The fourth-order valence-electron chi connectivity index (χ4n) is 4.75. The molecule has 0 aliphatic heterocycles. The zero-order valence-corrected chi connectivity index (χ0v) is 22.1. The van der Waals surface area contributed by atoms with E-state index in [2.05, 4.69) is 37.5 Å². The van der Waals surface area contributed by atoms with Gasteiger partial charge in [0.2, 0.25) is 0 Å². The van der Waals surface area contributed by atoms with E-state index in [1.54, 1.807) is 11.8 Å². The van der Waals surface area contributed by atoms with Crippen molar-refractivity contribution in [3.8, 4) is 0 Å². The van der Waals surface area contributed by atoms with Crippen LogP contribution in [-0.2, 0) is 24.4 Å². The van der Waals surface area contributed by atoms with Crippen molar-refractivity contribution in [2.45, 2.75) is 32.6 Å². The Morgan fingerprint density at radius 2 is 1.82 bits per heavy atom. The lowest BCUT2D eigenvalue weighted by Crippen LogP contribution is -2.35. The first-order valence-corrected chi connectivity index (χ1v) is 12.8. The number of H-pyrrole nitrogens is 1. The van der Waals surface area contributed by atoms with Gasteiger partial charge in [0.15, 0.2) is 5.82 Å². The third kappa shape index (κ3) is 5.52. The summed E-state index contributed by atoms with van der Waals surface area (Å²) in [5.41, 5.74) is 4.23. The van der Waals surface area contributed by atoms with Gasteiger partial charge in [-0.15, -0.1) is 5.10 Å². The number of tetrazole rings is 1. The quantitative estimate of drug-likeness (QED) is 0.277. The van der Waals surface area contributed by atoms with Crippen molar-refractivity contribution in [2.24, 2.45) is 0 Å². The number of pyridine rings is 1. The number of ether oxygens (including phenoxy) is 1. The zero-order chi connectivity index (χ0) is 26.5. The Morgan fingerprint density at radius 1 is 1.03 bits per heavy atom. The van der Waals surface area contributed by atoms with E-state index in [0.29, 0.717) is 42.7 Å². The van der Waals surface area contributed by atoms with Gasteiger partial charge < -0.3 is 9.72 Å². The molecule has 0 aliphatic rings. The number of aromatic nitrogens is 5. The maximum Gasteiger partial charge on any atom is 0.253 e. The predicted octanol–water partition coefficient (Wildman–Crippen LogP) is 4.91. The van der Waals surface area contributed by atoms with Crippen LogP contribution in [-0.4, -0.2) is 43.8 Å². The molecule has 0 bridgehead atoms. The fraction of sp³-hybridized carbons (Fsp3) is 0.241. The number of hydrogen-bond acceptors (Lipinski definition) is 6. The number of aryl methyl sites for hydroxylation is 1. The van der Waals surface area contributed by atoms with Crippen molar-refractivity contribution >= 4 is 22.5 Å². The number of nitrogens with zero attached hydrogens (tertiary/aromatic N) is 5. The lowest BCUT2D eigenvalue weighted by molar-refractivity contribution is 0.169. The Kier molecular flexibility index (Phi) is 7.93. The minimum absolute atomic E-state index is 0.185. The topological polar surface area (TPSA) is 88.9 Å². The van der Waals surface area contributed by atoms with Crippen molar-refractivity contribution in [1.29, 1.82) is 0 Å². The molecule has 0 radical (unpaired) electrons. The summed E-state index contributed by atoms with van der Waals surface area (Å²) in [5.74, 6) is 0.558. The van der Waals surface area contributed by atoms with Crippen molar-refractivity contribution in [3.05, 3.63) is 122 Å². The predicted molar refractivity (Wildman–Crippen MR) is 148 cm³/mol. The second-order valence-corrected chi connectivity index (χ2v) is 9.64. The molecule has 5 rings (SSSR count). The van der Waals surface area contributed by atoms with Gasteiger partial charge >= 0.3 is 0 Å². The van der Waals surface area contributed by atoms with Crippen LogP contribution < -0.4 is 5.56 Å². The van der Waals surface area contributed by atoms with Crippen LogP contribution >= 0.6 is 11.6 Å². The van der Waals surface area contributed by atoms with Crippen LogP contribution in [0.1, 0.15) is 34.1 Å². The summed E-state index contributed by atoms with van der Waals surface area (Å²) in [6.45, 7) is 3.88. The summed E-state index contributed by atoms with van der Waals surface area (Å²) >= 11 is 6.62. The summed E-state index contributed by atoms with van der Waals surface area (Å²) in [5, 5.41) is 14.2. The SMILES string of the molecule is COCCn1nnnc1[C@H](c1cc2cccc(C)c2[nH]c1=O)N(Cc1ccccc1)Cc1ccccc1Cl. The summed E-state index contributed by atoms with van der Waals surface area (Å²) < 4.78 is 7.01. The van der Waals surface area contributed by atoms with E-state index < -0.39 is 6.04 Å². The summed E-state index contributed by atoms with van der Waals surface area (Å²) in [7, 11) is 1.64. The number of nitrogens with one attached hydrogen (secondary N) is 1. The maximum atomic E-state index is 13.7. The van der Waals surface area contributed by atoms with E-state index in [9.17, 15) is 4.79 Å². The first-order valence-electron chi connectivity index (χ1n) is 12.4. The van der Waals surface area contributed by atoms with Crippen molar-refractivity contribution in [3.63, 3.8) is 0 Å². The molecule has 1 atom stereocenters. The smallest absolute Gasteiger partial charge is 0.253 e. The first-order chi connectivity index (χ1) is 18.5. The molecule has 194 valence electrons. The van der Waals surface area contributed by atoms with E-state index in [1.165, 1.54) is 0 Å². The average Bonchev–Trinajstić information content (AvgIpc) is 3.38. The van der Waals surface area contributed by atoms with E-state index in [4.69, 9.17) is 16.3 Å². The molecule has 0 saturated carbocycles. The van der Waals surface area contributed by atoms with Crippen molar-refractivity contribution < 1.29 is 4.74 Å². The van der Waals surface area contributed by atoms with Gasteiger partial charge in [0.25, 0.3) is 5.56 Å². The monoisotopic (exact) mass is 528 g/mol. The molecular formula is C29H29ClN6O2. The second kappa shape index (κ2) is 11.7. The molecule has 0 aliphatic carbocycles. The van der Waals surface area contributed by atoms with Crippen LogP contribution in [0.5, 0.6) is 0 Å². The van der Waals surface area contributed by atoms with Crippen molar-refractivity contribution in [1.82, 2.24) is 30.1 Å². The van der Waals surface area contributed by atoms with Gasteiger partial charge in [-0.3, -0.25) is 9.69 Å². The largest absolute Gasteiger partial charge is 0.383 e. The minimum atomic E-state index is -0.563. The molecule has 2 aromatic heterocycles. The minimum Gasteiger partial charge on any atom is -0.383 e. The third-order valence-electron chi connectivity index (χ3n) is 6.65. The van der Waals surface area contributed by atoms with E-state index in [0.717, 1.165) is 27.6 Å². The highest BCUT2D eigenvalue weighted by molar-refractivity contribution is 6.31. The fourth-order valence-corrected chi connectivity index (χ4v) is 4.94. The number of halogens is 1. The van der Waals surface area contributed by atoms with E-state index in [-0.39, 0.29) is 5.56 Å². The number of fused-ring (bicyclic) bond motifs is 1. The Hall–Kier alpha value is -3.85. The summed E-state index contributed by atoms with van der Waals surface area (Å²) in [4.78, 5) is 19.0. The number of para-hydroxylation sites is 1. The van der Waals surface area contributed by atoms with Gasteiger partial charge in [-0.05, 0) is 51.6 Å². The van der Waals surface area contributed by atoms with Gasteiger partial charge in [0.05, 0.1) is 18.7 Å². The zero-order valence-electron chi connectivity index (χ0n) is 21.3. The Labute approximate surface area is 225 Å². The molecular weight excluding hydrogens is 500 g/mol. The average molecular weight is 529 g/mol. The van der Waals surface area contributed by atoms with Crippen LogP contribution in [0.3, 0.4) is 0 Å². The van der Waals surface area contributed by atoms with Crippen molar-refractivity contribution in [2.75, 3.05) is 13.7 Å². The Morgan fingerprint density at radius 3 is 2.61 bits per heavy atom. The molecule has 1 N–H and O–H groups in total. The molecule has 0 unspecified atom stereocenters. The normalized spacial score (nSPS) is 12.3. The highest BCUT2D eigenvalue weighted by Gasteiger charge is 2.31. The van der Waals surface area contributed by atoms with Crippen LogP contribution in [0.25, 0.3) is 10.9 Å². The van der Waals surface area contributed by atoms with Crippen LogP contribution in [0, 0.1) is 6.92 Å². The molecule has 2 heterocycles. The number of methoxy groups -OCH3 is 1. The second-order valence-electron chi connectivity index (χ2n) is 9.23. The molecule has 9 heteroatoms. The standard InChI is InChI=1S/C29H29ClN6O2/c1-20-9-8-13-22-17-24(29(37)31-26(20)22)27(28-32-33-34-36(28)15-16-38-2)35(18-21-10-4-3-5-11-21)19-23-12-6-7-14-25(23)30/h3-14,17,27H,15-16,18-19H2,1-2H3,(H,31,37)/t27-/m0/s1. The molecule has 0 spiro atoms. The van der Waals surface area contributed by atoms with Gasteiger partial charge in [0, 0.05) is 30.8 Å². The number of hydrogen-bond donors (Lipinski definition) is 1. The molecule has 8 nitrogen and oxygen atoms in total. The Balaban J connectivity index is 1.71. The number of aromatic amines is 1. The van der Waals surface area contributed by atoms with E-state index in [1.807, 2.05) is 73.7 Å². The lowest BCUT2D eigenvalue weighted by atomic mass is 10.0.